The molecule has 4 rings (SSSR count). The maximum absolute atomic E-state index is 13.0. The quantitative estimate of drug-likeness (QED) is 0.418. The minimum Gasteiger partial charge on any atom is -0.487 e. The second-order valence-corrected chi connectivity index (χ2v) is 7.73. The van der Waals surface area contributed by atoms with E-state index in [1.807, 2.05) is 79.7 Å². The third kappa shape index (κ3) is 4.81. The van der Waals surface area contributed by atoms with E-state index >= 15 is 0 Å². The summed E-state index contributed by atoms with van der Waals surface area (Å²) in [6.07, 6.45) is 1.74. The Morgan fingerprint density at radius 1 is 1.09 bits per heavy atom. The summed E-state index contributed by atoms with van der Waals surface area (Å²) in [4.78, 5) is 17.3. The second kappa shape index (κ2) is 9.66. The van der Waals surface area contributed by atoms with E-state index in [1.165, 1.54) is 0 Å². The van der Waals surface area contributed by atoms with Gasteiger partial charge in [-0.2, -0.15) is 5.10 Å². The van der Waals surface area contributed by atoms with Crippen LogP contribution in [0.15, 0.2) is 79.0 Å². The molecule has 1 amide bonds. The van der Waals surface area contributed by atoms with Gasteiger partial charge in [-0.25, -0.2) is 4.68 Å². The molecule has 0 aliphatic rings. The maximum Gasteiger partial charge on any atom is 0.256 e. The normalized spacial score (nSPS) is 11.7. The molecule has 1 unspecified atom stereocenters. The topological polar surface area (TPSA) is 69.0 Å². The van der Waals surface area contributed by atoms with Gasteiger partial charge in [0.25, 0.3) is 5.91 Å². The number of aromatic nitrogens is 3. The Morgan fingerprint density at radius 2 is 1.88 bits per heavy atom. The van der Waals surface area contributed by atoms with Crippen molar-refractivity contribution in [3.63, 3.8) is 0 Å². The smallest absolute Gasteiger partial charge is 0.256 e. The fourth-order valence-corrected chi connectivity index (χ4v) is 3.72. The number of hydrogen-bond acceptors (Lipinski definition) is 4. The van der Waals surface area contributed by atoms with Crippen LogP contribution in [-0.2, 0) is 6.61 Å². The van der Waals surface area contributed by atoms with Crippen LogP contribution < -0.4 is 10.1 Å². The molecule has 0 aliphatic heterocycles. The van der Waals surface area contributed by atoms with Gasteiger partial charge in [0.05, 0.1) is 28.7 Å². The summed E-state index contributed by atoms with van der Waals surface area (Å²) < 4.78 is 7.43. The van der Waals surface area contributed by atoms with Crippen LogP contribution in [0.3, 0.4) is 0 Å². The second-order valence-electron chi connectivity index (χ2n) is 7.38. The largest absolute Gasteiger partial charge is 0.487 e. The number of aryl methyl sites for hydroxylation is 1. The van der Waals surface area contributed by atoms with Crippen molar-refractivity contribution >= 4 is 17.5 Å². The minimum absolute atomic E-state index is 0.253. The molecular weight excluding hydrogens is 424 g/mol. The summed E-state index contributed by atoms with van der Waals surface area (Å²) in [6.45, 7) is 4.07. The Kier molecular flexibility index (Phi) is 6.52. The van der Waals surface area contributed by atoms with E-state index in [4.69, 9.17) is 16.3 Å². The van der Waals surface area contributed by atoms with E-state index in [0.717, 1.165) is 16.9 Å². The SMILES string of the molecule is Cc1nn(-c2ccccc2)c(Cl)c1C(=O)NC(C)c1cccc(OCc2ccccn2)c1. The lowest BCUT2D eigenvalue weighted by Crippen LogP contribution is -2.27. The lowest BCUT2D eigenvalue weighted by molar-refractivity contribution is 0.0939. The zero-order chi connectivity index (χ0) is 22.5. The maximum atomic E-state index is 13.0. The number of rotatable bonds is 7. The van der Waals surface area contributed by atoms with E-state index in [0.29, 0.717) is 23.6 Å². The van der Waals surface area contributed by atoms with E-state index < -0.39 is 0 Å². The number of pyridine rings is 1. The molecule has 7 heteroatoms. The third-order valence-electron chi connectivity index (χ3n) is 5.05. The highest BCUT2D eigenvalue weighted by molar-refractivity contribution is 6.33. The van der Waals surface area contributed by atoms with Crippen LogP contribution in [-0.4, -0.2) is 20.7 Å². The monoisotopic (exact) mass is 446 g/mol. The highest BCUT2D eigenvalue weighted by Gasteiger charge is 2.22. The number of carbonyl (C=O) groups excluding carboxylic acids is 1. The van der Waals surface area contributed by atoms with Gasteiger partial charge in [-0.1, -0.05) is 48.0 Å². The van der Waals surface area contributed by atoms with Gasteiger partial charge in [0, 0.05) is 6.20 Å². The van der Waals surface area contributed by atoms with Gasteiger partial charge in [0.2, 0.25) is 0 Å². The summed E-state index contributed by atoms with van der Waals surface area (Å²) in [7, 11) is 0. The molecule has 32 heavy (non-hydrogen) atoms. The fourth-order valence-electron chi connectivity index (χ4n) is 3.36. The Balaban J connectivity index is 1.47. The van der Waals surface area contributed by atoms with Crippen LogP contribution in [0.25, 0.3) is 5.69 Å². The van der Waals surface area contributed by atoms with Crippen molar-refractivity contribution in [2.75, 3.05) is 0 Å². The molecule has 0 aliphatic carbocycles. The molecule has 0 bridgehead atoms. The molecular formula is C25H23ClN4O2. The molecule has 0 radical (unpaired) electrons. The van der Waals surface area contributed by atoms with Crippen LogP contribution in [0.5, 0.6) is 5.75 Å². The number of ether oxygens (including phenoxy) is 1. The number of halogens is 1. The lowest BCUT2D eigenvalue weighted by atomic mass is 10.1. The molecule has 2 heterocycles. The standard InChI is InChI=1S/C25H23ClN4O2/c1-17(19-9-8-13-22(15-19)32-16-20-10-6-7-14-27-20)28-25(31)23-18(2)29-30(24(23)26)21-11-4-3-5-12-21/h3-15,17H,16H2,1-2H3,(H,28,31). The summed E-state index contributed by atoms with van der Waals surface area (Å²) >= 11 is 6.53. The number of hydrogen-bond donors (Lipinski definition) is 1. The average Bonchev–Trinajstić information content (AvgIpc) is 3.13. The zero-order valence-corrected chi connectivity index (χ0v) is 18.6. The Morgan fingerprint density at radius 3 is 2.62 bits per heavy atom. The minimum atomic E-state index is -0.276. The number of carbonyl (C=O) groups is 1. The van der Waals surface area contributed by atoms with Crippen molar-refractivity contribution in [1.29, 1.82) is 0 Å². The van der Waals surface area contributed by atoms with E-state index in [1.54, 1.807) is 17.8 Å². The third-order valence-corrected chi connectivity index (χ3v) is 5.40. The van der Waals surface area contributed by atoms with Gasteiger partial charge < -0.3 is 10.1 Å². The van der Waals surface area contributed by atoms with Gasteiger partial charge in [0.1, 0.15) is 17.5 Å². The van der Waals surface area contributed by atoms with E-state index in [2.05, 4.69) is 15.4 Å². The summed E-state index contributed by atoms with van der Waals surface area (Å²) in [5.74, 6) is 0.433. The van der Waals surface area contributed by atoms with Gasteiger partial charge in [0.15, 0.2) is 0 Å². The van der Waals surface area contributed by atoms with Gasteiger partial charge in [-0.05, 0) is 55.8 Å². The van der Waals surface area contributed by atoms with Crippen LogP contribution in [0.2, 0.25) is 5.15 Å². The Hall–Kier alpha value is -3.64. The first-order valence-electron chi connectivity index (χ1n) is 10.3. The molecule has 0 saturated carbocycles. The number of nitrogens with zero attached hydrogens (tertiary/aromatic N) is 3. The molecule has 1 atom stereocenters. The van der Waals surface area contributed by atoms with Crippen molar-refractivity contribution in [3.8, 4) is 11.4 Å². The van der Waals surface area contributed by atoms with Crippen LogP contribution in [0.1, 0.15) is 40.3 Å². The molecule has 0 fully saturated rings. The van der Waals surface area contributed by atoms with Crippen molar-refractivity contribution in [2.45, 2.75) is 26.5 Å². The highest BCUT2D eigenvalue weighted by Crippen LogP contribution is 2.25. The molecule has 162 valence electrons. The molecule has 1 N–H and O–H groups in total. The summed E-state index contributed by atoms with van der Waals surface area (Å²) in [6, 6.07) is 22.6. The lowest BCUT2D eigenvalue weighted by Gasteiger charge is -2.16. The number of nitrogens with one attached hydrogen (secondary N) is 1. The Labute approximate surface area is 191 Å². The number of para-hydroxylation sites is 1. The first-order chi connectivity index (χ1) is 15.5. The van der Waals surface area contributed by atoms with Crippen molar-refractivity contribution < 1.29 is 9.53 Å². The van der Waals surface area contributed by atoms with Crippen LogP contribution in [0, 0.1) is 6.92 Å². The predicted octanol–water partition coefficient (Wildman–Crippen LogP) is 5.30. The highest BCUT2D eigenvalue weighted by atomic mass is 35.5. The van der Waals surface area contributed by atoms with E-state index in [-0.39, 0.29) is 17.1 Å². The van der Waals surface area contributed by atoms with Crippen molar-refractivity contribution in [3.05, 3.63) is 107 Å². The Bertz CT molecular complexity index is 1210. The molecule has 0 spiro atoms. The average molecular weight is 447 g/mol. The molecule has 2 aromatic carbocycles. The van der Waals surface area contributed by atoms with Crippen LogP contribution in [0.4, 0.5) is 0 Å². The van der Waals surface area contributed by atoms with E-state index in [9.17, 15) is 4.79 Å². The predicted molar refractivity (Wildman–Crippen MR) is 124 cm³/mol. The first-order valence-corrected chi connectivity index (χ1v) is 10.6. The van der Waals surface area contributed by atoms with Crippen LogP contribution >= 0.6 is 11.6 Å². The number of amides is 1. The first kappa shape index (κ1) is 21.6. The zero-order valence-electron chi connectivity index (χ0n) is 17.8. The molecule has 2 aromatic heterocycles. The summed E-state index contributed by atoms with van der Waals surface area (Å²) in [5, 5.41) is 7.75. The van der Waals surface area contributed by atoms with Crippen molar-refractivity contribution in [2.24, 2.45) is 0 Å². The van der Waals surface area contributed by atoms with Gasteiger partial charge in [-0.3, -0.25) is 9.78 Å². The fraction of sp³-hybridized carbons (Fsp3) is 0.160. The number of benzene rings is 2. The van der Waals surface area contributed by atoms with Gasteiger partial charge >= 0.3 is 0 Å². The molecule has 0 saturated heterocycles. The molecule has 6 nitrogen and oxygen atoms in total. The van der Waals surface area contributed by atoms with Crippen molar-refractivity contribution in [1.82, 2.24) is 20.1 Å². The summed E-state index contributed by atoms with van der Waals surface area (Å²) in [5.41, 5.74) is 3.49. The van der Waals surface area contributed by atoms with Gasteiger partial charge in [-0.15, -0.1) is 0 Å². The molecule has 4 aromatic rings.